The summed E-state index contributed by atoms with van der Waals surface area (Å²) < 4.78 is 24.5. The van der Waals surface area contributed by atoms with Crippen LogP contribution in [0.3, 0.4) is 0 Å². The molecule has 0 saturated carbocycles. The molecule has 0 radical (unpaired) electrons. The van der Waals surface area contributed by atoms with Crippen molar-refractivity contribution in [3.8, 4) is 17.1 Å². The van der Waals surface area contributed by atoms with E-state index in [1.807, 2.05) is 0 Å². The van der Waals surface area contributed by atoms with Crippen molar-refractivity contribution in [3.05, 3.63) is 59.3 Å². The molecule has 0 unspecified atom stereocenters. The van der Waals surface area contributed by atoms with Crippen molar-refractivity contribution in [1.29, 1.82) is 0 Å². The van der Waals surface area contributed by atoms with Crippen LogP contribution in [0, 0.1) is 5.82 Å². The van der Waals surface area contributed by atoms with Gasteiger partial charge in [0.05, 0.1) is 36.7 Å². The van der Waals surface area contributed by atoms with Crippen LogP contribution in [0.25, 0.3) is 11.4 Å². The minimum Gasteiger partial charge on any atom is -0.491 e. The third-order valence-electron chi connectivity index (χ3n) is 4.05. The summed E-state index contributed by atoms with van der Waals surface area (Å²) in [6.07, 6.45) is 4.36. The number of amides is 1. The van der Waals surface area contributed by atoms with E-state index in [4.69, 9.17) is 21.1 Å². The average molecular weight is 432 g/mol. The normalized spacial score (nSPS) is 10.5. The fourth-order valence-corrected chi connectivity index (χ4v) is 2.75. The number of rotatable bonds is 8. The third-order valence-corrected chi connectivity index (χ3v) is 4.29. The number of carbonyl (C=O) groups is 1. The van der Waals surface area contributed by atoms with Crippen molar-refractivity contribution in [3.63, 3.8) is 0 Å². The Hall–Kier alpha value is -3.30. The van der Waals surface area contributed by atoms with E-state index in [9.17, 15) is 9.18 Å². The number of nitrogens with one attached hydrogen (secondary N) is 2. The standard InChI is InChI=1S/C20H19ClFN5O3/c1-29-8-7-24-20(28)14-10-23-6-5-16(14)26-19-17(30-2)11-25-18(27-19)13-9-12(21)3-4-15(13)22/h3-6,9-11H,7-8H2,1-2H3,(H,24,28)(H,23,25,26,27). The topological polar surface area (TPSA) is 98.3 Å². The largest absolute Gasteiger partial charge is 0.491 e. The highest BCUT2D eigenvalue weighted by atomic mass is 35.5. The number of hydrogen-bond donors (Lipinski definition) is 2. The molecular weight excluding hydrogens is 413 g/mol. The second-order valence-electron chi connectivity index (χ2n) is 6.03. The first-order valence-electron chi connectivity index (χ1n) is 8.88. The average Bonchev–Trinajstić information content (AvgIpc) is 2.76. The third kappa shape index (κ3) is 5.00. The Bertz CT molecular complexity index is 1050. The van der Waals surface area contributed by atoms with Crippen molar-refractivity contribution in [2.75, 3.05) is 32.7 Å². The summed E-state index contributed by atoms with van der Waals surface area (Å²) in [6.45, 7) is 0.724. The lowest BCUT2D eigenvalue weighted by Crippen LogP contribution is -2.27. The maximum Gasteiger partial charge on any atom is 0.255 e. The van der Waals surface area contributed by atoms with Crippen LogP contribution in [0.2, 0.25) is 5.02 Å². The number of aromatic nitrogens is 3. The molecule has 3 rings (SSSR count). The van der Waals surface area contributed by atoms with Crippen LogP contribution in [-0.4, -0.2) is 48.2 Å². The van der Waals surface area contributed by atoms with E-state index in [2.05, 4.69) is 25.6 Å². The van der Waals surface area contributed by atoms with Gasteiger partial charge in [0.25, 0.3) is 5.91 Å². The van der Waals surface area contributed by atoms with Crippen molar-refractivity contribution in [2.45, 2.75) is 0 Å². The quantitative estimate of drug-likeness (QED) is 0.527. The smallest absolute Gasteiger partial charge is 0.255 e. The second-order valence-corrected chi connectivity index (χ2v) is 6.47. The van der Waals surface area contributed by atoms with E-state index in [0.29, 0.717) is 35.2 Å². The summed E-state index contributed by atoms with van der Waals surface area (Å²) in [7, 11) is 3.00. The number of ether oxygens (including phenoxy) is 2. The first-order valence-corrected chi connectivity index (χ1v) is 9.26. The van der Waals surface area contributed by atoms with E-state index >= 15 is 0 Å². The Morgan fingerprint density at radius 2 is 2.07 bits per heavy atom. The van der Waals surface area contributed by atoms with Crippen LogP contribution in [0.1, 0.15) is 10.4 Å². The Morgan fingerprint density at radius 3 is 2.83 bits per heavy atom. The molecule has 30 heavy (non-hydrogen) atoms. The molecule has 3 aromatic rings. The number of pyridine rings is 1. The molecule has 0 fully saturated rings. The molecule has 0 aliphatic carbocycles. The first kappa shape index (κ1) is 21.4. The molecule has 2 N–H and O–H groups in total. The molecule has 0 saturated heterocycles. The van der Waals surface area contributed by atoms with Crippen LogP contribution in [0.15, 0.2) is 42.9 Å². The fraction of sp³-hybridized carbons (Fsp3) is 0.200. The minimum absolute atomic E-state index is 0.110. The van der Waals surface area contributed by atoms with Gasteiger partial charge in [-0.1, -0.05) is 11.6 Å². The van der Waals surface area contributed by atoms with Gasteiger partial charge in [-0.05, 0) is 24.3 Å². The fourth-order valence-electron chi connectivity index (χ4n) is 2.58. The Kier molecular flexibility index (Phi) is 7.10. The summed E-state index contributed by atoms with van der Waals surface area (Å²) in [5.41, 5.74) is 0.875. The molecule has 1 aromatic carbocycles. The van der Waals surface area contributed by atoms with Gasteiger partial charge in [-0.25, -0.2) is 14.4 Å². The number of hydrogen-bond acceptors (Lipinski definition) is 7. The molecule has 0 atom stereocenters. The zero-order valence-corrected chi connectivity index (χ0v) is 17.0. The molecule has 0 bridgehead atoms. The summed E-state index contributed by atoms with van der Waals surface area (Å²) in [5.74, 6) is -0.185. The van der Waals surface area contributed by atoms with Gasteiger partial charge in [0.15, 0.2) is 17.4 Å². The Labute approximate surface area is 177 Å². The van der Waals surface area contributed by atoms with Crippen molar-refractivity contribution >= 4 is 29.0 Å². The van der Waals surface area contributed by atoms with E-state index in [1.165, 1.54) is 43.9 Å². The van der Waals surface area contributed by atoms with Crippen LogP contribution >= 0.6 is 11.6 Å². The lowest BCUT2D eigenvalue weighted by molar-refractivity contribution is 0.0937. The molecule has 10 heteroatoms. The van der Waals surface area contributed by atoms with Gasteiger partial charge in [0, 0.05) is 31.1 Å². The number of anilines is 2. The molecule has 156 valence electrons. The predicted octanol–water partition coefficient (Wildman–Crippen LogP) is 3.46. The van der Waals surface area contributed by atoms with E-state index in [1.54, 1.807) is 13.2 Å². The second kappa shape index (κ2) is 9.95. The summed E-state index contributed by atoms with van der Waals surface area (Å²) in [6, 6.07) is 5.73. The highest BCUT2D eigenvalue weighted by molar-refractivity contribution is 6.30. The first-order chi connectivity index (χ1) is 14.5. The van der Waals surface area contributed by atoms with Crippen LogP contribution in [0.4, 0.5) is 15.9 Å². The molecule has 0 aliphatic rings. The van der Waals surface area contributed by atoms with Gasteiger partial charge >= 0.3 is 0 Å². The summed E-state index contributed by atoms with van der Waals surface area (Å²) in [5, 5.41) is 6.13. The van der Waals surface area contributed by atoms with Gasteiger partial charge in [-0.3, -0.25) is 9.78 Å². The van der Waals surface area contributed by atoms with Gasteiger partial charge in [0.2, 0.25) is 0 Å². The number of methoxy groups -OCH3 is 2. The van der Waals surface area contributed by atoms with Crippen molar-refractivity contribution in [1.82, 2.24) is 20.3 Å². The molecule has 2 heterocycles. The SMILES string of the molecule is COCCNC(=O)c1cnccc1Nc1nc(-c2cc(Cl)ccc2F)ncc1OC. The lowest BCUT2D eigenvalue weighted by atomic mass is 10.2. The summed E-state index contributed by atoms with van der Waals surface area (Å²) >= 11 is 5.98. The molecule has 1 amide bonds. The number of nitrogens with zero attached hydrogens (tertiary/aromatic N) is 3. The highest BCUT2D eigenvalue weighted by Crippen LogP contribution is 2.30. The Morgan fingerprint density at radius 1 is 1.23 bits per heavy atom. The maximum atomic E-state index is 14.3. The van der Waals surface area contributed by atoms with Crippen LogP contribution in [0.5, 0.6) is 5.75 Å². The monoisotopic (exact) mass is 431 g/mol. The molecule has 2 aromatic heterocycles. The Balaban J connectivity index is 1.95. The van der Waals surface area contributed by atoms with Gasteiger partial charge in [-0.15, -0.1) is 0 Å². The van der Waals surface area contributed by atoms with E-state index < -0.39 is 5.82 Å². The zero-order chi connectivity index (χ0) is 21.5. The molecule has 8 nitrogen and oxygen atoms in total. The van der Waals surface area contributed by atoms with Gasteiger partial charge in [-0.2, -0.15) is 0 Å². The van der Waals surface area contributed by atoms with Gasteiger partial charge in [0.1, 0.15) is 5.82 Å². The predicted molar refractivity (Wildman–Crippen MR) is 111 cm³/mol. The number of benzene rings is 1. The molecule has 0 spiro atoms. The van der Waals surface area contributed by atoms with Gasteiger partial charge < -0.3 is 20.1 Å². The summed E-state index contributed by atoms with van der Waals surface area (Å²) in [4.78, 5) is 25.0. The zero-order valence-electron chi connectivity index (χ0n) is 16.3. The number of halogens is 2. The number of carbonyl (C=O) groups excluding carboxylic acids is 1. The van der Waals surface area contributed by atoms with Crippen molar-refractivity contribution in [2.24, 2.45) is 0 Å². The van der Waals surface area contributed by atoms with Crippen molar-refractivity contribution < 1.29 is 18.7 Å². The van der Waals surface area contributed by atoms with Crippen LogP contribution in [-0.2, 0) is 4.74 Å². The molecular formula is C20H19ClFN5O3. The minimum atomic E-state index is -0.516. The van der Waals surface area contributed by atoms with E-state index in [-0.39, 0.29) is 23.1 Å². The van der Waals surface area contributed by atoms with Crippen LogP contribution < -0.4 is 15.4 Å². The van der Waals surface area contributed by atoms with E-state index in [0.717, 1.165) is 0 Å². The molecule has 0 aliphatic heterocycles. The lowest BCUT2D eigenvalue weighted by Gasteiger charge is -2.14. The highest BCUT2D eigenvalue weighted by Gasteiger charge is 2.17. The maximum absolute atomic E-state index is 14.3.